The van der Waals surface area contributed by atoms with Crippen molar-refractivity contribution in [1.82, 2.24) is 0 Å². The lowest BCUT2D eigenvalue weighted by atomic mass is 9.43. The highest BCUT2D eigenvalue weighted by atomic mass is 16.3. The van der Waals surface area contributed by atoms with Crippen LogP contribution in [0.5, 0.6) is 0 Å². The Hall–Kier alpha value is -0.210. The molecule has 0 aliphatic carbocycles. The summed E-state index contributed by atoms with van der Waals surface area (Å²) in [4.78, 5) is 0. The quantitative estimate of drug-likeness (QED) is 0.499. The normalized spacial score (nSPS) is 31.0. The van der Waals surface area contributed by atoms with E-state index in [9.17, 15) is 0 Å². The van der Waals surface area contributed by atoms with Crippen LogP contribution in [0.25, 0.3) is 0 Å². The average Bonchev–Trinajstić information content (AvgIpc) is 2.04. The summed E-state index contributed by atoms with van der Waals surface area (Å²) >= 11 is 0. The van der Waals surface area contributed by atoms with E-state index < -0.39 is 0 Å². The maximum Gasteiger partial charge on any atom is 0.145 e. The van der Waals surface area contributed by atoms with E-state index in [-0.39, 0.29) is 24.8 Å². The molecule has 1 aliphatic rings. The number of aliphatic hydroxyl groups is 2. The molecule has 0 bridgehead atoms. The van der Waals surface area contributed by atoms with Crippen molar-refractivity contribution in [2.75, 3.05) is 13.2 Å². The van der Waals surface area contributed by atoms with Crippen LogP contribution in [0.15, 0.2) is 12.0 Å². The average molecular weight is 136 g/mol. The predicted octanol–water partition coefficient (Wildman–Crippen LogP) is -0.559. The van der Waals surface area contributed by atoms with Gasteiger partial charge in [-0.2, -0.15) is 0 Å². The standard InChI is InChI=1S/C6H10B2O2/c9-3-5-6(4-10)8-2-1-7-5/h1-2,5-6,9-10H,3-4H2/t5-,6?/m0/s1. The lowest BCUT2D eigenvalue weighted by Crippen LogP contribution is -2.23. The van der Waals surface area contributed by atoms with Gasteiger partial charge in [0.2, 0.25) is 0 Å². The SMILES string of the molecule is OCC1[B]C=C[B][C@H]1CO. The van der Waals surface area contributed by atoms with Crippen molar-refractivity contribution in [3.63, 3.8) is 0 Å². The zero-order valence-electron chi connectivity index (χ0n) is 5.77. The molecule has 52 valence electrons. The van der Waals surface area contributed by atoms with E-state index in [4.69, 9.17) is 10.2 Å². The molecule has 2 radical (unpaired) electrons. The fraction of sp³-hybridized carbons (Fsp3) is 0.667. The van der Waals surface area contributed by atoms with Crippen molar-refractivity contribution in [3.05, 3.63) is 12.0 Å². The largest absolute Gasteiger partial charge is 0.397 e. The second kappa shape index (κ2) is 3.84. The van der Waals surface area contributed by atoms with Crippen LogP contribution in [0, 0.1) is 0 Å². The van der Waals surface area contributed by atoms with Gasteiger partial charge in [-0.25, -0.2) is 0 Å². The third-order valence-corrected chi connectivity index (χ3v) is 1.80. The van der Waals surface area contributed by atoms with Gasteiger partial charge < -0.3 is 10.2 Å². The predicted molar refractivity (Wildman–Crippen MR) is 42.3 cm³/mol. The molecule has 0 spiro atoms. The summed E-state index contributed by atoms with van der Waals surface area (Å²) in [6.07, 6.45) is 0. The highest BCUT2D eigenvalue weighted by molar-refractivity contribution is 6.57. The summed E-state index contributed by atoms with van der Waals surface area (Å²) in [6, 6.07) is 0. The van der Waals surface area contributed by atoms with E-state index in [2.05, 4.69) is 0 Å². The topological polar surface area (TPSA) is 40.5 Å². The second-order valence-corrected chi connectivity index (χ2v) is 2.46. The zero-order valence-corrected chi connectivity index (χ0v) is 5.77. The molecule has 1 rings (SSSR count). The number of hydrogen-bond acceptors (Lipinski definition) is 2. The molecule has 0 fully saturated rings. The monoisotopic (exact) mass is 136 g/mol. The molecule has 0 aromatic carbocycles. The van der Waals surface area contributed by atoms with E-state index in [0.29, 0.717) is 0 Å². The van der Waals surface area contributed by atoms with Crippen LogP contribution >= 0.6 is 0 Å². The summed E-state index contributed by atoms with van der Waals surface area (Å²) in [5.41, 5.74) is 0. The molecular weight excluding hydrogens is 126 g/mol. The highest BCUT2D eigenvalue weighted by Gasteiger charge is 2.21. The molecule has 0 saturated heterocycles. The Bertz CT molecular complexity index is 113. The molecule has 1 aliphatic heterocycles. The van der Waals surface area contributed by atoms with Crippen LogP contribution in [0.4, 0.5) is 0 Å². The van der Waals surface area contributed by atoms with Crippen LogP contribution in [0.2, 0.25) is 11.6 Å². The van der Waals surface area contributed by atoms with Gasteiger partial charge in [-0.3, -0.25) is 0 Å². The van der Waals surface area contributed by atoms with E-state index in [1.165, 1.54) is 0 Å². The lowest BCUT2D eigenvalue weighted by Gasteiger charge is -2.23. The van der Waals surface area contributed by atoms with Gasteiger partial charge in [-0.1, -0.05) is 0 Å². The van der Waals surface area contributed by atoms with Gasteiger partial charge in [-0.15, -0.1) is 12.0 Å². The van der Waals surface area contributed by atoms with Crippen LogP contribution < -0.4 is 0 Å². The van der Waals surface area contributed by atoms with Crippen LogP contribution in [-0.4, -0.2) is 38.0 Å². The van der Waals surface area contributed by atoms with Crippen molar-refractivity contribution in [3.8, 4) is 0 Å². The fourth-order valence-electron chi connectivity index (χ4n) is 1.09. The number of hydrogen-bond donors (Lipinski definition) is 2. The molecule has 0 aromatic heterocycles. The van der Waals surface area contributed by atoms with Crippen molar-refractivity contribution in [2.45, 2.75) is 11.6 Å². The minimum Gasteiger partial charge on any atom is -0.397 e. The van der Waals surface area contributed by atoms with Gasteiger partial charge >= 0.3 is 0 Å². The minimum absolute atomic E-state index is 0.106. The van der Waals surface area contributed by atoms with Crippen molar-refractivity contribution in [2.24, 2.45) is 0 Å². The summed E-state index contributed by atoms with van der Waals surface area (Å²) in [5.74, 6) is 4.00. The smallest absolute Gasteiger partial charge is 0.145 e. The van der Waals surface area contributed by atoms with Crippen molar-refractivity contribution in [1.29, 1.82) is 0 Å². The summed E-state index contributed by atoms with van der Waals surface area (Å²) in [6.45, 7) is 0.234. The minimum atomic E-state index is 0.106. The van der Waals surface area contributed by atoms with Gasteiger partial charge in [0.05, 0.1) is 0 Å². The van der Waals surface area contributed by atoms with Gasteiger partial charge in [0.15, 0.2) is 0 Å². The van der Waals surface area contributed by atoms with Crippen molar-refractivity contribution < 1.29 is 10.2 Å². The van der Waals surface area contributed by atoms with Crippen LogP contribution in [-0.2, 0) is 0 Å². The second-order valence-electron chi connectivity index (χ2n) is 2.46. The highest BCUT2D eigenvalue weighted by Crippen LogP contribution is 2.24. The lowest BCUT2D eigenvalue weighted by molar-refractivity contribution is 0.241. The third kappa shape index (κ3) is 1.64. The summed E-state index contributed by atoms with van der Waals surface area (Å²) in [5, 5.41) is 17.6. The summed E-state index contributed by atoms with van der Waals surface area (Å²) in [7, 11) is 3.84. The Morgan fingerprint density at radius 1 is 1.00 bits per heavy atom. The zero-order chi connectivity index (χ0) is 7.40. The molecule has 0 amide bonds. The first-order chi connectivity index (χ1) is 4.88. The molecular formula is C6H10B2O2. The van der Waals surface area contributed by atoms with E-state index in [1.807, 2.05) is 26.5 Å². The molecule has 10 heavy (non-hydrogen) atoms. The molecule has 2 N–H and O–H groups in total. The Morgan fingerprint density at radius 2 is 1.40 bits per heavy atom. The van der Waals surface area contributed by atoms with Crippen molar-refractivity contribution >= 4 is 14.6 Å². The van der Waals surface area contributed by atoms with E-state index in [1.54, 1.807) is 0 Å². The maximum atomic E-state index is 8.80. The van der Waals surface area contributed by atoms with Gasteiger partial charge in [0.25, 0.3) is 0 Å². The first-order valence-corrected chi connectivity index (χ1v) is 3.45. The fourth-order valence-corrected chi connectivity index (χ4v) is 1.09. The molecule has 4 heteroatoms. The number of aliphatic hydroxyl groups excluding tert-OH is 2. The van der Waals surface area contributed by atoms with Gasteiger partial charge in [0, 0.05) is 13.2 Å². The molecule has 1 unspecified atom stereocenters. The first-order valence-electron chi connectivity index (χ1n) is 3.45. The Morgan fingerprint density at radius 3 is 1.70 bits per heavy atom. The van der Waals surface area contributed by atoms with E-state index in [0.717, 1.165) is 0 Å². The molecule has 0 saturated carbocycles. The molecule has 2 nitrogen and oxygen atoms in total. The third-order valence-electron chi connectivity index (χ3n) is 1.80. The van der Waals surface area contributed by atoms with Crippen LogP contribution in [0.1, 0.15) is 0 Å². The summed E-state index contributed by atoms with van der Waals surface area (Å²) < 4.78 is 0. The van der Waals surface area contributed by atoms with Gasteiger partial charge in [-0.05, 0) is 11.6 Å². The number of rotatable bonds is 2. The first kappa shape index (κ1) is 7.89. The Balaban J connectivity index is 2.45. The van der Waals surface area contributed by atoms with Crippen LogP contribution in [0.3, 0.4) is 0 Å². The van der Waals surface area contributed by atoms with E-state index >= 15 is 0 Å². The Kier molecular flexibility index (Phi) is 3.03. The van der Waals surface area contributed by atoms with Gasteiger partial charge in [0.1, 0.15) is 14.6 Å². The Labute approximate surface area is 62.4 Å². The maximum absolute atomic E-state index is 8.80. The molecule has 1 heterocycles. The molecule has 2 atom stereocenters. The molecule has 0 aromatic rings.